The molecule has 0 spiro atoms. The summed E-state index contributed by atoms with van der Waals surface area (Å²) in [6.07, 6.45) is 2.55. The SMILES string of the molecule is Fc1cc(F)cc(Oc2ccc[c]n2)c1. The van der Waals surface area contributed by atoms with Crippen molar-refractivity contribution in [3.63, 3.8) is 0 Å². The quantitative estimate of drug-likeness (QED) is 0.753. The molecule has 1 heterocycles. The van der Waals surface area contributed by atoms with Crippen molar-refractivity contribution in [3.8, 4) is 11.6 Å². The van der Waals surface area contributed by atoms with Gasteiger partial charge in [0.15, 0.2) is 0 Å². The Morgan fingerprint density at radius 1 is 1.13 bits per heavy atom. The summed E-state index contributed by atoms with van der Waals surface area (Å²) in [4.78, 5) is 3.74. The first kappa shape index (κ1) is 9.58. The molecule has 0 unspecified atom stereocenters. The molecule has 0 saturated heterocycles. The highest BCUT2D eigenvalue weighted by Gasteiger charge is 2.02. The van der Waals surface area contributed by atoms with Crippen molar-refractivity contribution in [1.29, 1.82) is 0 Å². The van der Waals surface area contributed by atoms with Gasteiger partial charge in [-0.15, -0.1) is 0 Å². The molecule has 2 nitrogen and oxygen atoms in total. The number of halogens is 2. The standard InChI is InChI=1S/C11H6F2NO/c12-8-5-9(13)7-10(6-8)15-11-3-1-2-4-14-11/h1-3,5-7H. The average Bonchev–Trinajstić information content (AvgIpc) is 2.17. The zero-order valence-electron chi connectivity index (χ0n) is 7.58. The van der Waals surface area contributed by atoms with E-state index in [2.05, 4.69) is 11.2 Å². The third-order valence-electron chi connectivity index (χ3n) is 1.64. The molecule has 2 aromatic rings. The van der Waals surface area contributed by atoms with E-state index in [0.29, 0.717) is 0 Å². The summed E-state index contributed by atoms with van der Waals surface area (Å²) in [7, 11) is 0. The number of benzene rings is 1. The molecular weight excluding hydrogens is 200 g/mol. The second-order valence-electron chi connectivity index (χ2n) is 2.81. The lowest BCUT2D eigenvalue weighted by molar-refractivity contribution is 0.451. The van der Waals surface area contributed by atoms with Gasteiger partial charge in [-0.1, -0.05) is 6.07 Å². The highest BCUT2D eigenvalue weighted by Crippen LogP contribution is 2.20. The Labute approximate surface area is 85.2 Å². The maximum absolute atomic E-state index is 12.8. The van der Waals surface area contributed by atoms with Gasteiger partial charge in [-0.2, -0.15) is 0 Å². The highest BCUT2D eigenvalue weighted by atomic mass is 19.1. The van der Waals surface area contributed by atoms with Crippen LogP contribution in [0.25, 0.3) is 0 Å². The molecule has 75 valence electrons. The molecular formula is C11H6F2NO. The summed E-state index contributed by atoms with van der Waals surface area (Å²) < 4.78 is 30.7. The summed E-state index contributed by atoms with van der Waals surface area (Å²) in [6.45, 7) is 0. The van der Waals surface area contributed by atoms with Crippen LogP contribution in [0.5, 0.6) is 11.6 Å². The van der Waals surface area contributed by atoms with Gasteiger partial charge in [0.1, 0.15) is 17.4 Å². The van der Waals surface area contributed by atoms with Crippen molar-refractivity contribution in [3.05, 3.63) is 54.2 Å². The summed E-state index contributed by atoms with van der Waals surface area (Å²) in [5, 5.41) is 0. The fraction of sp³-hybridized carbons (Fsp3) is 0. The monoisotopic (exact) mass is 206 g/mol. The zero-order valence-corrected chi connectivity index (χ0v) is 7.58. The predicted octanol–water partition coefficient (Wildman–Crippen LogP) is 2.95. The van der Waals surface area contributed by atoms with Crippen LogP contribution in [0.15, 0.2) is 36.4 Å². The number of ether oxygens (including phenoxy) is 1. The summed E-state index contributed by atoms with van der Waals surface area (Å²) in [6, 6.07) is 7.77. The number of hydrogen-bond donors (Lipinski definition) is 0. The molecule has 1 aromatic heterocycles. The summed E-state index contributed by atoms with van der Waals surface area (Å²) in [5.74, 6) is -1.07. The summed E-state index contributed by atoms with van der Waals surface area (Å²) >= 11 is 0. The van der Waals surface area contributed by atoms with Crippen LogP contribution in [0.4, 0.5) is 8.78 Å². The van der Waals surface area contributed by atoms with Gasteiger partial charge in [-0.25, -0.2) is 13.8 Å². The van der Waals surface area contributed by atoms with Crippen molar-refractivity contribution in [2.24, 2.45) is 0 Å². The lowest BCUT2D eigenvalue weighted by Gasteiger charge is -2.03. The molecule has 0 fully saturated rings. The Bertz CT molecular complexity index is 439. The van der Waals surface area contributed by atoms with E-state index in [9.17, 15) is 8.78 Å². The third kappa shape index (κ3) is 2.49. The van der Waals surface area contributed by atoms with Gasteiger partial charge in [0.25, 0.3) is 0 Å². The Kier molecular flexibility index (Phi) is 2.58. The lowest BCUT2D eigenvalue weighted by Crippen LogP contribution is -1.89. The van der Waals surface area contributed by atoms with Crippen LogP contribution in [0.1, 0.15) is 0 Å². The molecule has 1 radical (unpaired) electrons. The molecule has 15 heavy (non-hydrogen) atoms. The highest BCUT2D eigenvalue weighted by molar-refractivity contribution is 5.27. The first-order valence-electron chi connectivity index (χ1n) is 4.21. The minimum atomic E-state index is -0.690. The number of rotatable bonds is 2. The molecule has 0 bridgehead atoms. The van der Waals surface area contributed by atoms with Crippen LogP contribution in [-0.4, -0.2) is 4.98 Å². The van der Waals surface area contributed by atoms with Crippen LogP contribution in [0.2, 0.25) is 0 Å². The molecule has 1 aromatic carbocycles. The van der Waals surface area contributed by atoms with Crippen molar-refractivity contribution >= 4 is 0 Å². The molecule has 0 saturated carbocycles. The van der Waals surface area contributed by atoms with E-state index in [4.69, 9.17) is 4.74 Å². The molecule has 2 rings (SSSR count). The number of nitrogens with zero attached hydrogens (tertiary/aromatic N) is 1. The molecule has 0 atom stereocenters. The fourth-order valence-electron chi connectivity index (χ4n) is 1.08. The van der Waals surface area contributed by atoms with E-state index >= 15 is 0 Å². The van der Waals surface area contributed by atoms with Crippen molar-refractivity contribution in [2.75, 3.05) is 0 Å². The molecule has 0 aliphatic rings. The maximum atomic E-state index is 12.8. The number of pyridine rings is 1. The zero-order chi connectivity index (χ0) is 10.7. The molecule has 0 aliphatic carbocycles. The molecule has 0 aliphatic heterocycles. The van der Waals surface area contributed by atoms with Crippen LogP contribution in [-0.2, 0) is 0 Å². The Hall–Kier alpha value is -1.97. The van der Waals surface area contributed by atoms with Gasteiger partial charge < -0.3 is 4.74 Å². The van der Waals surface area contributed by atoms with Crippen molar-refractivity contribution in [2.45, 2.75) is 0 Å². The van der Waals surface area contributed by atoms with Gasteiger partial charge in [-0.05, 0) is 6.07 Å². The smallest absolute Gasteiger partial charge is 0.219 e. The largest absolute Gasteiger partial charge is 0.439 e. The van der Waals surface area contributed by atoms with Crippen LogP contribution >= 0.6 is 0 Å². The second-order valence-corrected chi connectivity index (χ2v) is 2.81. The predicted molar refractivity (Wildman–Crippen MR) is 49.5 cm³/mol. The van der Waals surface area contributed by atoms with Crippen LogP contribution in [0, 0.1) is 17.8 Å². The van der Waals surface area contributed by atoms with E-state index < -0.39 is 11.6 Å². The minimum absolute atomic E-state index is 0.0691. The van der Waals surface area contributed by atoms with E-state index in [1.54, 1.807) is 18.2 Å². The van der Waals surface area contributed by atoms with Gasteiger partial charge in [-0.3, -0.25) is 0 Å². The van der Waals surface area contributed by atoms with Gasteiger partial charge in [0.05, 0.1) is 6.20 Å². The first-order chi connectivity index (χ1) is 7.24. The normalized spacial score (nSPS) is 10.0. The average molecular weight is 206 g/mol. The van der Waals surface area contributed by atoms with E-state index in [0.717, 1.165) is 18.2 Å². The van der Waals surface area contributed by atoms with Crippen molar-refractivity contribution < 1.29 is 13.5 Å². The van der Waals surface area contributed by atoms with E-state index in [1.165, 1.54) is 0 Å². The van der Waals surface area contributed by atoms with Gasteiger partial charge >= 0.3 is 0 Å². The topological polar surface area (TPSA) is 22.1 Å². The maximum Gasteiger partial charge on any atom is 0.219 e. The molecule has 0 amide bonds. The lowest BCUT2D eigenvalue weighted by atomic mass is 10.3. The minimum Gasteiger partial charge on any atom is -0.439 e. The van der Waals surface area contributed by atoms with E-state index in [-0.39, 0.29) is 11.6 Å². The first-order valence-corrected chi connectivity index (χ1v) is 4.21. The number of hydrogen-bond acceptors (Lipinski definition) is 2. The fourth-order valence-corrected chi connectivity index (χ4v) is 1.08. The Morgan fingerprint density at radius 2 is 1.87 bits per heavy atom. The van der Waals surface area contributed by atoms with Gasteiger partial charge in [0.2, 0.25) is 5.88 Å². The summed E-state index contributed by atoms with van der Waals surface area (Å²) in [5.41, 5.74) is 0. The molecule has 4 heteroatoms. The van der Waals surface area contributed by atoms with Crippen LogP contribution < -0.4 is 4.74 Å². The number of aromatic nitrogens is 1. The molecule has 0 N–H and O–H groups in total. The second kappa shape index (κ2) is 4.04. The van der Waals surface area contributed by atoms with Crippen LogP contribution in [0.3, 0.4) is 0 Å². The Morgan fingerprint density at radius 3 is 2.47 bits per heavy atom. The van der Waals surface area contributed by atoms with E-state index in [1.807, 2.05) is 0 Å². The Balaban J connectivity index is 2.25. The van der Waals surface area contributed by atoms with Crippen molar-refractivity contribution in [1.82, 2.24) is 4.98 Å². The van der Waals surface area contributed by atoms with Gasteiger partial charge in [0, 0.05) is 24.3 Å². The third-order valence-corrected chi connectivity index (χ3v) is 1.64.